The Labute approximate surface area is 107 Å². The van der Waals surface area contributed by atoms with Crippen molar-refractivity contribution < 1.29 is 4.79 Å². The molecule has 0 aromatic heterocycles. The quantitative estimate of drug-likeness (QED) is 0.787. The van der Waals surface area contributed by atoms with Gasteiger partial charge >= 0.3 is 6.03 Å². The molecule has 0 aliphatic carbocycles. The molecule has 0 radical (unpaired) electrons. The molecule has 4 heteroatoms. The van der Waals surface area contributed by atoms with Gasteiger partial charge in [0.15, 0.2) is 0 Å². The van der Waals surface area contributed by atoms with Crippen LogP contribution in [-0.4, -0.2) is 31.7 Å². The number of piperidine rings is 1. The summed E-state index contributed by atoms with van der Waals surface area (Å²) in [6.45, 7) is 2.73. The number of fused-ring (bicyclic) bond motifs is 1. The van der Waals surface area contributed by atoms with Crippen molar-refractivity contribution in [3.05, 3.63) is 29.8 Å². The van der Waals surface area contributed by atoms with Crippen LogP contribution in [0.4, 0.5) is 10.5 Å². The molecule has 0 atom stereocenters. The predicted molar refractivity (Wildman–Crippen MR) is 71.9 cm³/mol. The van der Waals surface area contributed by atoms with E-state index in [-0.39, 0.29) is 6.03 Å². The number of para-hydroxylation sites is 1. The lowest BCUT2D eigenvalue weighted by molar-refractivity contribution is 0.242. The molecular formula is C14H19N3O. The second-order valence-corrected chi connectivity index (χ2v) is 4.96. The Morgan fingerprint density at radius 1 is 1.11 bits per heavy atom. The summed E-state index contributed by atoms with van der Waals surface area (Å²) in [6.07, 6.45) is 2.98. The maximum Gasteiger partial charge on any atom is 0.322 e. The van der Waals surface area contributed by atoms with E-state index in [1.54, 1.807) is 0 Å². The first-order valence-electron chi connectivity index (χ1n) is 6.72. The zero-order valence-corrected chi connectivity index (χ0v) is 10.5. The maximum absolute atomic E-state index is 12.3. The van der Waals surface area contributed by atoms with E-state index in [4.69, 9.17) is 0 Å². The lowest BCUT2D eigenvalue weighted by Gasteiger charge is -2.34. The first-order valence-corrected chi connectivity index (χ1v) is 6.72. The van der Waals surface area contributed by atoms with Gasteiger partial charge in [-0.05, 0) is 44.0 Å². The van der Waals surface area contributed by atoms with E-state index in [9.17, 15) is 4.79 Å². The molecule has 2 aliphatic heterocycles. The van der Waals surface area contributed by atoms with Gasteiger partial charge in [0.1, 0.15) is 0 Å². The van der Waals surface area contributed by atoms with Gasteiger partial charge in [-0.25, -0.2) is 4.79 Å². The van der Waals surface area contributed by atoms with E-state index in [1.807, 2.05) is 11.0 Å². The summed E-state index contributed by atoms with van der Waals surface area (Å²) in [4.78, 5) is 14.2. The van der Waals surface area contributed by atoms with Gasteiger partial charge in [0.05, 0.1) is 0 Å². The molecule has 3 rings (SSSR count). The average Bonchev–Trinajstić information content (AvgIpc) is 2.58. The van der Waals surface area contributed by atoms with Crippen molar-refractivity contribution in [1.82, 2.24) is 10.6 Å². The van der Waals surface area contributed by atoms with Crippen molar-refractivity contribution in [3.63, 3.8) is 0 Å². The highest BCUT2D eigenvalue weighted by atomic mass is 16.2. The van der Waals surface area contributed by atoms with Crippen LogP contribution < -0.4 is 15.5 Å². The summed E-state index contributed by atoms with van der Waals surface area (Å²) in [5.74, 6) is 0. The number of nitrogens with zero attached hydrogens (tertiary/aromatic N) is 1. The maximum atomic E-state index is 12.3. The monoisotopic (exact) mass is 245 g/mol. The molecule has 0 bridgehead atoms. The van der Waals surface area contributed by atoms with Crippen LogP contribution in [0.5, 0.6) is 0 Å². The van der Waals surface area contributed by atoms with Crippen molar-refractivity contribution in [3.8, 4) is 0 Å². The molecule has 2 amide bonds. The molecule has 2 N–H and O–H groups in total. The molecule has 18 heavy (non-hydrogen) atoms. The van der Waals surface area contributed by atoms with Crippen molar-refractivity contribution in [2.75, 3.05) is 24.5 Å². The van der Waals surface area contributed by atoms with Gasteiger partial charge in [-0.3, -0.25) is 4.90 Å². The third-order valence-corrected chi connectivity index (χ3v) is 3.81. The smallest absolute Gasteiger partial charge is 0.322 e. The Morgan fingerprint density at radius 2 is 1.89 bits per heavy atom. The number of anilines is 1. The van der Waals surface area contributed by atoms with E-state index in [0.717, 1.165) is 44.6 Å². The molecule has 4 nitrogen and oxygen atoms in total. The summed E-state index contributed by atoms with van der Waals surface area (Å²) < 4.78 is 0. The average molecular weight is 245 g/mol. The number of urea groups is 1. The molecule has 1 saturated heterocycles. The van der Waals surface area contributed by atoms with Gasteiger partial charge in [0.2, 0.25) is 0 Å². The number of nitrogens with one attached hydrogen (secondary N) is 2. The van der Waals surface area contributed by atoms with E-state index in [2.05, 4.69) is 28.8 Å². The number of amides is 2. The van der Waals surface area contributed by atoms with Gasteiger partial charge in [-0.1, -0.05) is 18.2 Å². The van der Waals surface area contributed by atoms with Crippen LogP contribution in [-0.2, 0) is 6.42 Å². The van der Waals surface area contributed by atoms with Crippen LogP contribution >= 0.6 is 0 Å². The number of rotatable bonds is 1. The fourth-order valence-electron chi connectivity index (χ4n) is 2.88. The Morgan fingerprint density at radius 3 is 2.72 bits per heavy atom. The zero-order valence-electron chi connectivity index (χ0n) is 10.5. The molecular weight excluding hydrogens is 226 g/mol. The van der Waals surface area contributed by atoms with Crippen molar-refractivity contribution >= 4 is 11.7 Å². The molecule has 0 unspecified atom stereocenters. The molecule has 0 spiro atoms. The molecule has 1 aromatic rings. The Balaban J connectivity index is 1.96. The first kappa shape index (κ1) is 11.5. The largest absolute Gasteiger partial charge is 0.337 e. The molecule has 1 fully saturated rings. The van der Waals surface area contributed by atoms with Crippen LogP contribution in [0.25, 0.3) is 0 Å². The topological polar surface area (TPSA) is 44.4 Å². The zero-order chi connectivity index (χ0) is 12.4. The highest BCUT2D eigenvalue weighted by Gasteiger charge is 2.29. The molecule has 2 aliphatic rings. The number of hydrogen-bond acceptors (Lipinski definition) is 2. The fraction of sp³-hybridized carbons (Fsp3) is 0.500. The minimum absolute atomic E-state index is 0.0619. The van der Waals surface area contributed by atoms with E-state index >= 15 is 0 Å². The normalized spacial score (nSPS) is 21.1. The second-order valence-electron chi connectivity index (χ2n) is 4.96. The number of benzene rings is 1. The standard InChI is InChI=1S/C14H19N3O/c18-14-16-10-5-11-3-1-2-4-13(11)17(14)12-6-8-15-9-7-12/h1-4,12,15H,5-10H2,(H,16,18). The van der Waals surface area contributed by atoms with Crippen molar-refractivity contribution in [2.45, 2.75) is 25.3 Å². The summed E-state index contributed by atoms with van der Waals surface area (Å²) >= 11 is 0. The van der Waals surface area contributed by atoms with Crippen LogP contribution in [0.2, 0.25) is 0 Å². The highest BCUT2D eigenvalue weighted by Crippen LogP contribution is 2.27. The van der Waals surface area contributed by atoms with E-state index in [1.165, 1.54) is 5.56 Å². The summed E-state index contributed by atoms with van der Waals surface area (Å²) in [5.41, 5.74) is 2.37. The van der Waals surface area contributed by atoms with Crippen LogP contribution in [0.1, 0.15) is 18.4 Å². The van der Waals surface area contributed by atoms with E-state index < -0.39 is 0 Å². The number of carbonyl (C=O) groups excluding carboxylic acids is 1. The lowest BCUT2D eigenvalue weighted by atomic mass is 10.0. The van der Waals surface area contributed by atoms with Gasteiger partial charge in [-0.15, -0.1) is 0 Å². The third kappa shape index (κ3) is 2.08. The van der Waals surface area contributed by atoms with Crippen LogP contribution in [0.3, 0.4) is 0 Å². The van der Waals surface area contributed by atoms with Crippen molar-refractivity contribution in [2.24, 2.45) is 0 Å². The summed E-state index contributed by atoms with van der Waals surface area (Å²) in [6, 6.07) is 8.66. The number of carbonyl (C=O) groups is 1. The number of hydrogen-bond donors (Lipinski definition) is 2. The molecule has 1 aromatic carbocycles. The molecule has 96 valence electrons. The Hall–Kier alpha value is -1.55. The van der Waals surface area contributed by atoms with Gasteiger partial charge in [0, 0.05) is 18.3 Å². The lowest BCUT2D eigenvalue weighted by Crippen LogP contribution is -2.49. The highest BCUT2D eigenvalue weighted by molar-refractivity contribution is 5.94. The predicted octanol–water partition coefficient (Wildman–Crippen LogP) is 1.51. The minimum Gasteiger partial charge on any atom is -0.337 e. The van der Waals surface area contributed by atoms with Gasteiger partial charge in [-0.2, -0.15) is 0 Å². The van der Waals surface area contributed by atoms with Crippen LogP contribution in [0, 0.1) is 0 Å². The van der Waals surface area contributed by atoms with Crippen LogP contribution in [0.15, 0.2) is 24.3 Å². The third-order valence-electron chi connectivity index (χ3n) is 3.81. The van der Waals surface area contributed by atoms with E-state index in [0.29, 0.717) is 6.04 Å². The Bertz CT molecular complexity index is 440. The fourth-order valence-corrected chi connectivity index (χ4v) is 2.88. The van der Waals surface area contributed by atoms with Crippen molar-refractivity contribution in [1.29, 1.82) is 0 Å². The molecule has 0 saturated carbocycles. The molecule has 2 heterocycles. The van der Waals surface area contributed by atoms with Gasteiger partial charge in [0.25, 0.3) is 0 Å². The first-order chi connectivity index (χ1) is 8.86. The summed E-state index contributed by atoms with van der Waals surface area (Å²) in [7, 11) is 0. The van der Waals surface area contributed by atoms with Gasteiger partial charge < -0.3 is 10.6 Å². The minimum atomic E-state index is 0.0619. The Kier molecular flexibility index (Phi) is 3.19. The summed E-state index contributed by atoms with van der Waals surface area (Å²) in [5, 5.41) is 6.36. The SMILES string of the molecule is O=C1NCCc2ccccc2N1C1CCNCC1. The second kappa shape index (κ2) is 4.98.